The summed E-state index contributed by atoms with van der Waals surface area (Å²) in [6.07, 6.45) is 4.33. The number of fused-ring (bicyclic) bond motifs is 10. The number of hydrogen-bond donors (Lipinski definition) is 2. The second-order valence-corrected chi connectivity index (χ2v) is 17.8. The van der Waals surface area contributed by atoms with Crippen molar-refractivity contribution in [3.8, 4) is 22.5 Å². The molecule has 0 saturated carbocycles. The predicted octanol–water partition coefficient (Wildman–Crippen LogP) is 8.40. The summed E-state index contributed by atoms with van der Waals surface area (Å²) in [6, 6.07) is 35.4. The van der Waals surface area contributed by atoms with E-state index in [4.69, 9.17) is 9.97 Å². The minimum atomic E-state index is -0.325. The second-order valence-electron chi connectivity index (χ2n) is 17.8. The lowest BCUT2D eigenvalue weighted by molar-refractivity contribution is 0.0567. The number of aromatic amines is 2. The minimum absolute atomic E-state index is 0.233. The molecule has 12 heteroatoms. The van der Waals surface area contributed by atoms with Gasteiger partial charge in [-0.2, -0.15) is 0 Å². The SMILES string of the molecule is O=C1c2nc(-c3ccccc3)c3[nH]c4ccccc4c3c2C(=O)N1CCN1CCC(C2CCN(CCN3C(=O)c4nc(-c5ccccc5)c5[nH]c6ccccc6c5c4C3=O)CC2)CC1. The third-order valence-electron chi connectivity index (χ3n) is 14.4. The summed E-state index contributed by atoms with van der Waals surface area (Å²) in [7, 11) is 0. The molecular formula is C52H46N8O4. The van der Waals surface area contributed by atoms with Gasteiger partial charge < -0.3 is 19.8 Å². The number of H-pyrrole nitrogens is 2. The number of nitrogens with zero attached hydrogens (tertiary/aromatic N) is 6. The van der Waals surface area contributed by atoms with Gasteiger partial charge in [-0.15, -0.1) is 0 Å². The van der Waals surface area contributed by atoms with Crippen molar-refractivity contribution in [2.75, 3.05) is 52.4 Å². The van der Waals surface area contributed by atoms with Gasteiger partial charge in [-0.25, -0.2) is 9.97 Å². The van der Waals surface area contributed by atoms with Gasteiger partial charge in [0.2, 0.25) is 0 Å². The summed E-state index contributed by atoms with van der Waals surface area (Å²) >= 11 is 0. The van der Waals surface area contributed by atoms with Crippen LogP contribution in [0.1, 0.15) is 67.4 Å². The number of benzene rings is 4. The van der Waals surface area contributed by atoms with E-state index in [2.05, 4.69) is 19.8 Å². The molecule has 8 heterocycles. The lowest BCUT2D eigenvalue weighted by Gasteiger charge is -2.40. The van der Waals surface area contributed by atoms with Crippen LogP contribution in [-0.4, -0.2) is 116 Å². The van der Waals surface area contributed by atoms with Crippen LogP contribution in [0.15, 0.2) is 109 Å². The molecule has 4 aliphatic heterocycles. The molecule has 64 heavy (non-hydrogen) atoms. The highest BCUT2D eigenvalue weighted by atomic mass is 16.2. The normalized spacial score (nSPS) is 17.9. The molecule has 4 aromatic carbocycles. The Bertz CT molecular complexity index is 2980. The fourth-order valence-corrected chi connectivity index (χ4v) is 11.1. The maximum atomic E-state index is 14.1. The summed E-state index contributed by atoms with van der Waals surface area (Å²) in [6.45, 7) is 5.64. The molecule has 318 valence electrons. The maximum absolute atomic E-state index is 14.1. The quantitative estimate of drug-likeness (QED) is 0.138. The second kappa shape index (κ2) is 15.4. The number of nitrogens with one attached hydrogen (secondary N) is 2. The largest absolute Gasteiger partial charge is 0.353 e. The number of rotatable bonds is 9. The van der Waals surface area contributed by atoms with E-state index >= 15 is 0 Å². The van der Waals surface area contributed by atoms with Crippen LogP contribution >= 0.6 is 0 Å². The standard InChI is InChI=1S/C52H46N8O4/c61-49-41-39-35-15-7-9-17-37(35)53-45(39)43(33-11-3-1-4-12-33)55-47(41)51(63)59(49)29-27-57-23-19-31(20-24-57)32-21-25-58(26-22-32)28-30-60-50(62)42-40-36-16-8-10-18-38(36)54-46(40)44(56-48(42)52(60)64)34-13-5-2-6-14-34/h1-18,31-32,53-54H,19-30H2. The van der Waals surface area contributed by atoms with E-state index in [1.54, 1.807) is 0 Å². The molecule has 12 nitrogen and oxygen atoms in total. The zero-order valence-electron chi connectivity index (χ0n) is 35.3. The first-order valence-corrected chi connectivity index (χ1v) is 22.6. The fraction of sp³-hybridized carbons (Fsp3) is 0.269. The summed E-state index contributed by atoms with van der Waals surface area (Å²) in [4.78, 5) is 80.5. The molecule has 0 unspecified atom stereocenters. The van der Waals surface area contributed by atoms with Gasteiger partial charge in [0.05, 0.1) is 33.5 Å². The third kappa shape index (κ3) is 6.18. The highest BCUT2D eigenvalue weighted by Gasteiger charge is 2.42. The number of hydrogen-bond acceptors (Lipinski definition) is 8. The molecule has 12 rings (SSSR count). The molecule has 0 radical (unpaired) electrons. The zero-order valence-corrected chi connectivity index (χ0v) is 35.3. The Morgan fingerprint density at radius 3 is 1.22 bits per heavy atom. The van der Waals surface area contributed by atoms with Gasteiger partial charge in [0.25, 0.3) is 23.6 Å². The zero-order chi connectivity index (χ0) is 43.1. The van der Waals surface area contributed by atoms with Crippen molar-refractivity contribution in [1.82, 2.24) is 39.5 Å². The van der Waals surface area contributed by atoms with Gasteiger partial charge in [-0.05, 0) is 75.8 Å². The van der Waals surface area contributed by atoms with Crippen molar-refractivity contribution in [3.05, 3.63) is 132 Å². The fourth-order valence-electron chi connectivity index (χ4n) is 11.1. The molecule has 4 aromatic heterocycles. The van der Waals surface area contributed by atoms with E-state index in [1.807, 2.05) is 109 Å². The molecule has 2 saturated heterocycles. The minimum Gasteiger partial charge on any atom is -0.353 e. The van der Waals surface area contributed by atoms with Gasteiger partial charge in [0.15, 0.2) is 0 Å². The summed E-state index contributed by atoms with van der Waals surface area (Å²) < 4.78 is 0. The van der Waals surface area contributed by atoms with Crippen molar-refractivity contribution >= 4 is 67.2 Å². The molecule has 0 aliphatic carbocycles. The summed E-state index contributed by atoms with van der Waals surface area (Å²) in [5.74, 6) is 0.0455. The molecule has 8 aromatic rings. The van der Waals surface area contributed by atoms with Crippen LogP contribution in [0, 0.1) is 11.8 Å². The van der Waals surface area contributed by atoms with Gasteiger partial charge in [0, 0.05) is 69.9 Å². The maximum Gasteiger partial charge on any atom is 0.280 e. The number of likely N-dealkylation sites (tertiary alicyclic amines) is 2. The molecule has 0 atom stereocenters. The van der Waals surface area contributed by atoms with Crippen LogP contribution in [0.25, 0.3) is 66.1 Å². The van der Waals surface area contributed by atoms with Gasteiger partial charge in [-0.3, -0.25) is 29.0 Å². The molecule has 2 N–H and O–H groups in total. The molecule has 0 spiro atoms. The van der Waals surface area contributed by atoms with E-state index in [1.165, 1.54) is 9.80 Å². The predicted molar refractivity (Wildman–Crippen MR) is 247 cm³/mol. The van der Waals surface area contributed by atoms with E-state index in [0.717, 1.165) is 107 Å². The average molecular weight is 847 g/mol. The van der Waals surface area contributed by atoms with E-state index in [9.17, 15) is 19.2 Å². The Morgan fingerprint density at radius 2 is 0.812 bits per heavy atom. The number of carbonyl (C=O) groups excluding carboxylic acids is 4. The van der Waals surface area contributed by atoms with Crippen molar-refractivity contribution < 1.29 is 19.2 Å². The first-order valence-electron chi connectivity index (χ1n) is 22.6. The topological polar surface area (TPSA) is 139 Å². The highest BCUT2D eigenvalue weighted by Crippen LogP contribution is 2.41. The molecule has 2 fully saturated rings. The number of amides is 4. The van der Waals surface area contributed by atoms with Gasteiger partial charge in [0.1, 0.15) is 11.4 Å². The number of para-hydroxylation sites is 2. The number of pyridine rings is 2. The van der Waals surface area contributed by atoms with Crippen LogP contribution in [0.2, 0.25) is 0 Å². The Hall–Kier alpha value is -7.02. The Labute approximate surface area is 368 Å². The van der Waals surface area contributed by atoms with Crippen LogP contribution in [0.3, 0.4) is 0 Å². The molecular weight excluding hydrogens is 801 g/mol. The van der Waals surface area contributed by atoms with Crippen molar-refractivity contribution in [3.63, 3.8) is 0 Å². The van der Waals surface area contributed by atoms with Crippen LogP contribution in [-0.2, 0) is 0 Å². The van der Waals surface area contributed by atoms with E-state index in [-0.39, 0.29) is 35.0 Å². The van der Waals surface area contributed by atoms with Crippen molar-refractivity contribution in [2.24, 2.45) is 11.8 Å². The number of carbonyl (C=O) groups is 4. The Morgan fingerprint density at radius 1 is 0.438 bits per heavy atom. The van der Waals surface area contributed by atoms with Crippen molar-refractivity contribution in [1.29, 1.82) is 0 Å². The van der Waals surface area contributed by atoms with E-state index in [0.29, 0.717) is 60.5 Å². The van der Waals surface area contributed by atoms with Crippen molar-refractivity contribution in [2.45, 2.75) is 25.7 Å². The lowest BCUT2D eigenvalue weighted by Crippen LogP contribution is -2.45. The Kier molecular flexibility index (Phi) is 9.27. The highest BCUT2D eigenvalue weighted by molar-refractivity contribution is 6.31. The third-order valence-corrected chi connectivity index (χ3v) is 14.4. The van der Waals surface area contributed by atoms with Crippen LogP contribution in [0.5, 0.6) is 0 Å². The number of piperidine rings is 2. The first-order chi connectivity index (χ1) is 31.4. The molecule has 4 amide bonds. The van der Waals surface area contributed by atoms with Gasteiger partial charge in [-0.1, -0.05) is 97.1 Å². The summed E-state index contributed by atoms with van der Waals surface area (Å²) in [5.41, 5.74) is 7.73. The first kappa shape index (κ1) is 38.6. The summed E-state index contributed by atoms with van der Waals surface area (Å²) in [5, 5.41) is 3.35. The monoisotopic (exact) mass is 846 g/mol. The van der Waals surface area contributed by atoms with Gasteiger partial charge >= 0.3 is 0 Å². The van der Waals surface area contributed by atoms with Crippen LogP contribution in [0.4, 0.5) is 0 Å². The molecule has 0 bridgehead atoms. The lowest BCUT2D eigenvalue weighted by atomic mass is 9.79. The number of imide groups is 2. The van der Waals surface area contributed by atoms with Crippen LogP contribution < -0.4 is 0 Å². The Balaban J connectivity index is 0.668. The van der Waals surface area contributed by atoms with E-state index < -0.39 is 0 Å². The molecule has 4 aliphatic rings. The number of aromatic nitrogens is 4. The smallest absolute Gasteiger partial charge is 0.280 e. The average Bonchev–Trinajstić information content (AvgIpc) is 4.05.